The van der Waals surface area contributed by atoms with Gasteiger partial charge in [-0.2, -0.15) is 0 Å². The molecule has 0 saturated carbocycles. The van der Waals surface area contributed by atoms with Crippen LogP contribution in [0, 0.1) is 0 Å². The van der Waals surface area contributed by atoms with Crippen molar-refractivity contribution in [3.05, 3.63) is 29.8 Å². The van der Waals surface area contributed by atoms with Crippen LogP contribution in [-0.2, 0) is 4.79 Å². The van der Waals surface area contributed by atoms with E-state index in [4.69, 9.17) is 0 Å². The molecule has 18 heavy (non-hydrogen) atoms. The van der Waals surface area contributed by atoms with Crippen LogP contribution in [0.15, 0.2) is 24.3 Å². The summed E-state index contributed by atoms with van der Waals surface area (Å²) in [6, 6.07) is 7.08. The van der Waals surface area contributed by atoms with Crippen LogP contribution in [-0.4, -0.2) is 23.0 Å². The summed E-state index contributed by atoms with van der Waals surface area (Å²) in [5, 5.41) is 9.79. The number of nitrogens with zero attached hydrogens (tertiary/aromatic N) is 1. The summed E-state index contributed by atoms with van der Waals surface area (Å²) in [5.74, 6) is 0.386. The first-order chi connectivity index (χ1) is 8.57. The number of aromatic hydroxyl groups is 1. The third-order valence-corrected chi connectivity index (χ3v) is 3.36. The molecule has 0 bridgehead atoms. The van der Waals surface area contributed by atoms with Crippen molar-refractivity contribution in [3.63, 3.8) is 0 Å². The largest absolute Gasteiger partial charge is 0.508 e. The van der Waals surface area contributed by atoms with Gasteiger partial charge in [0.2, 0.25) is 5.91 Å². The van der Waals surface area contributed by atoms with E-state index in [0.717, 1.165) is 24.8 Å². The van der Waals surface area contributed by atoms with E-state index in [0.29, 0.717) is 6.42 Å². The van der Waals surface area contributed by atoms with E-state index in [2.05, 4.69) is 6.92 Å². The van der Waals surface area contributed by atoms with E-state index in [1.165, 1.54) is 0 Å². The molecule has 1 aromatic rings. The minimum Gasteiger partial charge on any atom is -0.508 e. The molecule has 0 saturated heterocycles. The topological polar surface area (TPSA) is 40.5 Å². The fraction of sp³-hybridized carbons (Fsp3) is 0.533. The molecule has 1 rings (SSSR count). The van der Waals surface area contributed by atoms with E-state index in [1.807, 2.05) is 19.1 Å². The number of hydrogen-bond donors (Lipinski definition) is 1. The number of benzene rings is 1. The van der Waals surface area contributed by atoms with E-state index in [-0.39, 0.29) is 17.7 Å². The summed E-state index contributed by atoms with van der Waals surface area (Å²) in [4.78, 5) is 13.7. The molecule has 1 N–H and O–H groups in total. The molecule has 0 aromatic heterocycles. The van der Waals surface area contributed by atoms with Crippen molar-refractivity contribution in [2.45, 2.75) is 45.6 Å². The molecule has 0 heterocycles. The molecule has 0 fully saturated rings. The van der Waals surface area contributed by atoms with Crippen molar-refractivity contribution >= 4 is 5.91 Å². The standard InChI is InChI=1S/C15H23NO2/c1-4-5-6-11-15(18)16(3)12(2)13-9-7-8-10-14(13)17/h7-10,12,17H,4-6,11H2,1-3H3. The second-order valence-electron chi connectivity index (χ2n) is 4.70. The van der Waals surface area contributed by atoms with Gasteiger partial charge in [0.15, 0.2) is 0 Å². The van der Waals surface area contributed by atoms with Crippen LogP contribution in [0.1, 0.15) is 51.1 Å². The second kappa shape index (κ2) is 7.04. The Balaban J connectivity index is 2.63. The van der Waals surface area contributed by atoms with Crippen molar-refractivity contribution in [1.29, 1.82) is 0 Å². The predicted octanol–water partition coefficient (Wildman–Crippen LogP) is 3.49. The first kappa shape index (κ1) is 14.6. The number of hydrogen-bond acceptors (Lipinski definition) is 2. The van der Waals surface area contributed by atoms with Gasteiger partial charge < -0.3 is 10.0 Å². The van der Waals surface area contributed by atoms with Gasteiger partial charge in [-0.1, -0.05) is 38.0 Å². The molecule has 3 heteroatoms. The van der Waals surface area contributed by atoms with Gasteiger partial charge in [-0.05, 0) is 19.4 Å². The van der Waals surface area contributed by atoms with Crippen molar-refractivity contribution < 1.29 is 9.90 Å². The molecule has 1 unspecified atom stereocenters. The molecule has 1 atom stereocenters. The number of unbranched alkanes of at least 4 members (excludes halogenated alkanes) is 2. The Kier molecular flexibility index (Phi) is 5.69. The number of amides is 1. The molecular formula is C15H23NO2. The zero-order valence-corrected chi connectivity index (χ0v) is 11.5. The zero-order valence-electron chi connectivity index (χ0n) is 11.5. The molecule has 0 aliphatic rings. The van der Waals surface area contributed by atoms with Crippen LogP contribution in [0.2, 0.25) is 0 Å². The van der Waals surface area contributed by atoms with Gasteiger partial charge in [0, 0.05) is 19.0 Å². The monoisotopic (exact) mass is 249 g/mol. The number of phenols is 1. The fourth-order valence-electron chi connectivity index (χ4n) is 1.97. The number of phenolic OH excluding ortho intramolecular Hbond substituents is 1. The summed E-state index contributed by atoms with van der Waals surface area (Å²) in [7, 11) is 1.80. The first-order valence-corrected chi connectivity index (χ1v) is 6.61. The Morgan fingerprint density at radius 1 is 1.33 bits per heavy atom. The Bertz CT molecular complexity index is 390. The van der Waals surface area contributed by atoms with Crippen LogP contribution in [0.4, 0.5) is 0 Å². The summed E-state index contributed by atoms with van der Waals surface area (Å²) >= 11 is 0. The lowest BCUT2D eigenvalue weighted by Crippen LogP contribution is -2.29. The number of carbonyl (C=O) groups is 1. The van der Waals surface area contributed by atoms with Crippen LogP contribution < -0.4 is 0 Å². The molecule has 0 aliphatic heterocycles. The Hall–Kier alpha value is -1.51. The lowest BCUT2D eigenvalue weighted by molar-refractivity contribution is -0.131. The average Bonchev–Trinajstić information content (AvgIpc) is 2.38. The molecule has 0 spiro atoms. The molecule has 0 aliphatic carbocycles. The molecule has 3 nitrogen and oxygen atoms in total. The third kappa shape index (κ3) is 3.76. The summed E-state index contributed by atoms with van der Waals surface area (Å²) in [6.07, 6.45) is 3.73. The van der Waals surface area contributed by atoms with Gasteiger partial charge in [0.1, 0.15) is 5.75 Å². The van der Waals surface area contributed by atoms with Crippen LogP contribution in [0.25, 0.3) is 0 Å². The lowest BCUT2D eigenvalue weighted by Gasteiger charge is -2.26. The van der Waals surface area contributed by atoms with E-state index in [9.17, 15) is 9.90 Å². The number of rotatable bonds is 6. The normalized spacial score (nSPS) is 12.2. The summed E-state index contributed by atoms with van der Waals surface area (Å²) in [6.45, 7) is 4.06. The Morgan fingerprint density at radius 3 is 2.61 bits per heavy atom. The highest BCUT2D eigenvalue weighted by Crippen LogP contribution is 2.27. The van der Waals surface area contributed by atoms with E-state index in [1.54, 1.807) is 24.1 Å². The maximum atomic E-state index is 12.0. The fourth-order valence-corrected chi connectivity index (χ4v) is 1.97. The maximum absolute atomic E-state index is 12.0. The smallest absolute Gasteiger partial charge is 0.222 e. The van der Waals surface area contributed by atoms with Crippen molar-refractivity contribution in [3.8, 4) is 5.75 Å². The molecule has 1 aromatic carbocycles. The highest BCUT2D eigenvalue weighted by molar-refractivity contribution is 5.76. The minimum absolute atomic E-state index is 0.0969. The first-order valence-electron chi connectivity index (χ1n) is 6.61. The number of para-hydroxylation sites is 1. The quantitative estimate of drug-likeness (QED) is 0.784. The van der Waals surface area contributed by atoms with Crippen molar-refractivity contribution in [2.75, 3.05) is 7.05 Å². The number of carbonyl (C=O) groups excluding carboxylic acids is 1. The molecule has 1 amide bonds. The van der Waals surface area contributed by atoms with Gasteiger partial charge >= 0.3 is 0 Å². The average molecular weight is 249 g/mol. The van der Waals surface area contributed by atoms with Gasteiger partial charge in [-0.25, -0.2) is 0 Å². The van der Waals surface area contributed by atoms with Crippen LogP contribution in [0.5, 0.6) is 5.75 Å². The lowest BCUT2D eigenvalue weighted by atomic mass is 10.1. The van der Waals surface area contributed by atoms with Crippen LogP contribution in [0.3, 0.4) is 0 Å². The minimum atomic E-state index is -0.0969. The summed E-state index contributed by atoms with van der Waals surface area (Å²) in [5.41, 5.74) is 0.795. The molecule has 100 valence electrons. The maximum Gasteiger partial charge on any atom is 0.222 e. The molecular weight excluding hydrogens is 226 g/mol. The predicted molar refractivity (Wildman–Crippen MR) is 73.4 cm³/mol. The van der Waals surface area contributed by atoms with Gasteiger partial charge in [0.05, 0.1) is 6.04 Å². The van der Waals surface area contributed by atoms with Crippen LogP contribution >= 0.6 is 0 Å². The van der Waals surface area contributed by atoms with E-state index < -0.39 is 0 Å². The third-order valence-electron chi connectivity index (χ3n) is 3.36. The van der Waals surface area contributed by atoms with Gasteiger partial charge in [-0.15, -0.1) is 0 Å². The van der Waals surface area contributed by atoms with Gasteiger partial charge in [-0.3, -0.25) is 4.79 Å². The Morgan fingerprint density at radius 2 is 2.00 bits per heavy atom. The highest BCUT2D eigenvalue weighted by Gasteiger charge is 2.18. The zero-order chi connectivity index (χ0) is 13.5. The van der Waals surface area contributed by atoms with Gasteiger partial charge in [0.25, 0.3) is 0 Å². The van der Waals surface area contributed by atoms with Crippen molar-refractivity contribution in [1.82, 2.24) is 4.90 Å². The second-order valence-corrected chi connectivity index (χ2v) is 4.70. The highest BCUT2D eigenvalue weighted by atomic mass is 16.3. The Labute approximate surface area is 109 Å². The SMILES string of the molecule is CCCCCC(=O)N(C)C(C)c1ccccc1O. The van der Waals surface area contributed by atoms with Crippen molar-refractivity contribution in [2.24, 2.45) is 0 Å². The summed E-state index contributed by atoms with van der Waals surface area (Å²) < 4.78 is 0. The molecule has 0 radical (unpaired) electrons. The van der Waals surface area contributed by atoms with E-state index >= 15 is 0 Å².